The van der Waals surface area contributed by atoms with Gasteiger partial charge >= 0.3 is 0 Å². The van der Waals surface area contributed by atoms with Gasteiger partial charge in [-0.15, -0.1) is 0 Å². The minimum atomic E-state index is -0.153. The molecule has 0 saturated carbocycles. The number of amides is 1. The number of carbonyl (C=O) groups excluding carboxylic acids is 1. The number of hydrogen-bond acceptors (Lipinski definition) is 4. The van der Waals surface area contributed by atoms with Crippen LogP contribution in [0.4, 0.5) is 5.69 Å². The number of rotatable bonds is 3. The second kappa shape index (κ2) is 6.51. The molecule has 128 valence electrons. The van der Waals surface area contributed by atoms with Gasteiger partial charge in [0.1, 0.15) is 0 Å². The van der Waals surface area contributed by atoms with Gasteiger partial charge < -0.3 is 9.84 Å². The number of nitrogens with zero attached hydrogens (tertiary/aromatic N) is 2. The van der Waals surface area contributed by atoms with Crippen molar-refractivity contribution in [2.75, 3.05) is 5.32 Å². The Morgan fingerprint density at radius 1 is 1.08 bits per heavy atom. The molecule has 0 saturated heterocycles. The van der Waals surface area contributed by atoms with Crippen LogP contribution < -0.4 is 5.32 Å². The number of hydrogen-bond donors (Lipinski definition) is 1. The van der Waals surface area contributed by atoms with E-state index in [9.17, 15) is 4.79 Å². The molecule has 5 nitrogen and oxygen atoms in total. The molecule has 1 N–H and O–H groups in total. The number of benzene rings is 2. The molecule has 25 heavy (non-hydrogen) atoms. The minimum Gasteiger partial charge on any atom is -0.334 e. The monoisotopic (exact) mass is 335 g/mol. The number of anilines is 1. The van der Waals surface area contributed by atoms with E-state index in [4.69, 9.17) is 4.52 Å². The fourth-order valence-corrected chi connectivity index (χ4v) is 2.47. The zero-order valence-electron chi connectivity index (χ0n) is 14.8. The fraction of sp³-hybridized carbons (Fsp3) is 0.250. The topological polar surface area (TPSA) is 68.0 Å². The molecule has 0 aliphatic carbocycles. The van der Waals surface area contributed by atoms with Crippen LogP contribution in [-0.2, 0) is 5.41 Å². The third-order valence-corrected chi connectivity index (χ3v) is 3.91. The van der Waals surface area contributed by atoms with E-state index in [1.807, 2.05) is 48.5 Å². The summed E-state index contributed by atoms with van der Waals surface area (Å²) in [6, 6.07) is 15.0. The van der Waals surface area contributed by atoms with Gasteiger partial charge in [-0.2, -0.15) is 4.98 Å². The summed E-state index contributed by atoms with van der Waals surface area (Å²) < 4.78 is 5.17. The molecule has 1 heterocycles. The maximum Gasteiger partial charge on any atom is 0.257 e. The normalized spacial score (nSPS) is 11.4. The van der Waals surface area contributed by atoms with Gasteiger partial charge in [0.25, 0.3) is 11.8 Å². The van der Waals surface area contributed by atoms with Crippen molar-refractivity contribution in [3.05, 3.63) is 65.5 Å². The van der Waals surface area contributed by atoms with Crippen molar-refractivity contribution in [2.45, 2.75) is 33.1 Å². The number of aryl methyl sites for hydroxylation is 1. The van der Waals surface area contributed by atoms with E-state index in [0.717, 1.165) is 5.56 Å². The van der Waals surface area contributed by atoms with Crippen molar-refractivity contribution >= 4 is 11.6 Å². The summed E-state index contributed by atoms with van der Waals surface area (Å²) >= 11 is 0. The Kier molecular flexibility index (Phi) is 4.40. The van der Waals surface area contributed by atoms with Crippen LogP contribution in [0.15, 0.2) is 53.1 Å². The van der Waals surface area contributed by atoms with Gasteiger partial charge in [-0.05, 0) is 48.2 Å². The van der Waals surface area contributed by atoms with Gasteiger partial charge in [-0.1, -0.05) is 44.1 Å². The number of carbonyl (C=O) groups is 1. The Bertz CT molecular complexity index is 890. The molecule has 0 radical (unpaired) electrons. The van der Waals surface area contributed by atoms with Crippen molar-refractivity contribution in [1.82, 2.24) is 10.1 Å². The zero-order chi connectivity index (χ0) is 18.0. The first-order valence-corrected chi connectivity index (χ1v) is 8.15. The average molecular weight is 335 g/mol. The Morgan fingerprint density at radius 2 is 1.80 bits per heavy atom. The second-order valence-corrected chi connectivity index (χ2v) is 7.01. The van der Waals surface area contributed by atoms with Gasteiger partial charge in [0.15, 0.2) is 5.82 Å². The summed E-state index contributed by atoms with van der Waals surface area (Å²) in [5.74, 6) is 0.853. The molecule has 0 unspecified atom stereocenters. The van der Waals surface area contributed by atoms with Crippen molar-refractivity contribution in [2.24, 2.45) is 0 Å². The molecular weight excluding hydrogens is 314 g/mol. The molecule has 5 heteroatoms. The zero-order valence-corrected chi connectivity index (χ0v) is 14.8. The molecule has 0 aliphatic rings. The highest BCUT2D eigenvalue weighted by molar-refractivity contribution is 6.04. The Balaban J connectivity index is 1.77. The molecule has 1 amide bonds. The highest BCUT2D eigenvalue weighted by Crippen LogP contribution is 2.23. The van der Waals surface area contributed by atoms with Crippen molar-refractivity contribution in [3.8, 4) is 11.5 Å². The SMILES string of the molecule is Cc1noc(-c2cccc(NC(=O)c3ccc(C(C)(C)C)cc3)c2)n1. The van der Waals surface area contributed by atoms with Crippen LogP contribution in [0, 0.1) is 6.92 Å². The van der Waals surface area contributed by atoms with Crippen LogP contribution in [0.2, 0.25) is 0 Å². The molecule has 0 atom stereocenters. The van der Waals surface area contributed by atoms with Gasteiger partial charge in [-0.3, -0.25) is 4.79 Å². The molecule has 0 aliphatic heterocycles. The Labute approximate surface area is 147 Å². The predicted octanol–water partition coefficient (Wildman–Crippen LogP) is 4.59. The molecule has 3 rings (SSSR count). The first-order chi connectivity index (χ1) is 11.8. The van der Waals surface area contributed by atoms with E-state index >= 15 is 0 Å². The Morgan fingerprint density at radius 3 is 2.40 bits per heavy atom. The average Bonchev–Trinajstić information content (AvgIpc) is 3.01. The summed E-state index contributed by atoms with van der Waals surface area (Å²) in [6.45, 7) is 8.20. The van der Waals surface area contributed by atoms with E-state index in [1.165, 1.54) is 5.56 Å². The predicted molar refractivity (Wildman–Crippen MR) is 97.6 cm³/mol. The van der Waals surface area contributed by atoms with Crippen LogP contribution in [0.1, 0.15) is 42.5 Å². The van der Waals surface area contributed by atoms with Gasteiger partial charge in [0, 0.05) is 16.8 Å². The number of nitrogens with one attached hydrogen (secondary N) is 1. The molecule has 0 bridgehead atoms. The molecule has 1 aromatic heterocycles. The lowest BCUT2D eigenvalue weighted by Gasteiger charge is -2.19. The van der Waals surface area contributed by atoms with Crippen LogP contribution in [0.25, 0.3) is 11.5 Å². The van der Waals surface area contributed by atoms with Crippen molar-refractivity contribution < 1.29 is 9.32 Å². The van der Waals surface area contributed by atoms with E-state index in [1.54, 1.807) is 6.92 Å². The first-order valence-electron chi connectivity index (χ1n) is 8.15. The maximum atomic E-state index is 12.5. The third-order valence-electron chi connectivity index (χ3n) is 3.91. The van der Waals surface area contributed by atoms with Crippen LogP contribution >= 0.6 is 0 Å². The number of aromatic nitrogens is 2. The molecule has 2 aromatic carbocycles. The third kappa shape index (κ3) is 3.94. The van der Waals surface area contributed by atoms with Crippen LogP contribution in [-0.4, -0.2) is 16.0 Å². The Hall–Kier alpha value is -2.95. The molecule has 0 fully saturated rings. The fourth-order valence-electron chi connectivity index (χ4n) is 2.47. The second-order valence-electron chi connectivity index (χ2n) is 7.01. The van der Waals surface area contributed by atoms with E-state index in [2.05, 4.69) is 36.2 Å². The lowest BCUT2D eigenvalue weighted by atomic mass is 9.87. The molecule has 3 aromatic rings. The lowest BCUT2D eigenvalue weighted by molar-refractivity contribution is 0.102. The van der Waals surface area contributed by atoms with Gasteiger partial charge in [0.2, 0.25) is 0 Å². The smallest absolute Gasteiger partial charge is 0.257 e. The van der Waals surface area contributed by atoms with Gasteiger partial charge in [-0.25, -0.2) is 0 Å². The van der Waals surface area contributed by atoms with Crippen LogP contribution in [0.3, 0.4) is 0 Å². The summed E-state index contributed by atoms with van der Waals surface area (Å²) in [4.78, 5) is 16.7. The van der Waals surface area contributed by atoms with E-state index < -0.39 is 0 Å². The first kappa shape index (κ1) is 16.9. The molecular formula is C20H21N3O2. The summed E-state index contributed by atoms with van der Waals surface area (Å²) in [5.41, 5.74) is 3.32. The van der Waals surface area contributed by atoms with E-state index in [0.29, 0.717) is 23.0 Å². The summed E-state index contributed by atoms with van der Waals surface area (Å²) in [7, 11) is 0. The van der Waals surface area contributed by atoms with Crippen LogP contribution in [0.5, 0.6) is 0 Å². The highest BCUT2D eigenvalue weighted by Gasteiger charge is 2.14. The van der Waals surface area contributed by atoms with Crippen molar-refractivity contribution in [3.63, 3.8) is 0 Å². The summed E-state index contributed by atoms with van der Waals surface area (Å²) in [6.07, 6.45) is 0. The highest BCUT2D eigenvalue weighted by atomic mass is 16.5. The summed E-state index contributed by atoms with van der Waals surface area (Å²) in [5, 5.41) is 6.69. The van der Waals surface area contributed by atoms with E-state index in [-0.39, 0.29) is 11.3 Å². The van der Waals surface area contributed by atoms with Crippen molar-refractivity contribution in [1.29, 1.82) is 0 Å². The lowest BCUT2D eigenvalue weighted by Crippen LogP contribution is -2.14. The quantitative estimate of drug-likeness (QED) is 0.760. The standard InChI is InChI=1S/C20H21N3O2/c1-13-21-19(25-23-13)15-6-5-7-17(12-15)22-18(24)14-8-10-16(11-9-14)20(2,3)4/h5-12H,1-4H3,(H,22,24). The largest absolute Gasteiger partial charge is 0.334 e. The van der Waals surface area contributed by atoms with Gasteiger partial charge in [0.05, 0.1) is 0 Å². The molecule has 0 spiro atoms. The minimum absolute atomic E-state index is 0.0611. The maximum absolute atomic E-state index is 12.5.